The molecule has 1 N–H and O–H groups in total. The van der Waals surface area contributed by atoms with Crippen LogP contribution in [0.1, 0.15) is 18.2 Å². The monoisotopic (exact) mass is 397 g/mol. The Morgan fingerprint density at radius 3 is 2.34 bits per heavy atom. The van der Waals surface area contributed by atoms with E-state index in [4.69, 9.17) is 9.47 Å². The number of hydrogen-bond donors (Lipinski definition) is 1. The van der Waals surface area contributed by atoms with Gasteiger partial charge in [0.15, 0.2) is 0 Å². The zero-order chi connectivity index (χ0) is 21.0. The van der Waals surface area contributed by atoms with E-state index in [1.807, 2.05) is 0 Å². The molecule has 29 heavy (non-hydrogen) atoms. The standard InChI is InChI=1S/C21H20FN3O4/c1-13(23-15-6-4-14(22)5-7-15)20-18(12-19(26)29-3)24-25(21(20)27)16-8-10-17(28-2)11-9-16/h4-11,24H,12H2,1-3H3. The summed E-state index contributed by atoms with van der Waals surface area (Å²) in [7, 11) is 2.83. The van der Waals surface area contributed by atoms with Crippen molar-refractivity contribution in [3.05, 3.63) is 76.0 Å². The molecule has 0 spiro atoms. The van der Waals surface area contributed by atoms with E-state index in [-0.39, 0.29) is 23.4 Å². The molecule has 0 atom stereocenters. The SMILES string of the molecule is COC(=O)Cc1[nH]n(-c2ccc(OC)cc2)c(=O)c1C(C)=Nc1ccc(F)cc1. The number of aromatic nitrogens is 2. The zero-order valence-electron chi connectivity index (χ0n) is 16.2. The van der Waals surface area contributed by atoms with E-state index in [1.165, 1.54) is 36.1 Å². The second-order valence-electron chi connectivity index (χ2n) is 6.23. The average Bonchev–Trinajstić information content (AvgIpc) is 3.05. The lowest BCUT2D eigenvalue weighted by atomic mass is 10.1. The first-order chi connectivity index (χ1) is 13.9. The van der Waals surface area contributed by atoms with Gasteiger partial charge in [0.1, 0.15) is 11.6 Å². The molecule has 0 fully saturated rings. The third-order valence-electron chi connectivity index (χ3n) is 4.33. The Labute approximate surface area is 166 Å². The summed E-state index contributed by atoms with van der Waals surface area (Å²) in [6.45, 7) is 1.66. The molecule has 3 rings (SSSR count). The largest absolute Gasteiger partial charge is 0.497 e. The lowest BCUT2D eigenvalue weighted by Gasteiger charge is -2.03. The summed E-state index contributed by atoms with van der Waals surface area (Å²) in [6.07, 6.45) is -0.124. The quantitative estimate of drug-likeness (QED) is 0.511. The molecule has 150 valence electrons. The van der Waals surface area contributed by atoms with Crippen molar-refractivity contribution in [2.24, 2.45) is 4.99 Å². The third-order valence-corrected chi connectivity index (χ3v) is 4.33. The number of aliphatic imine (C=N–C) groups is 1. The highest BCUT2D eigenvalue weighted by atomic mass is 19.1. The number of carbonyl (C=O) groups excluding carboxylic acids is 1. The Hall–Kier alpha value is -3.68. The van der Waals surface area contributed by atoms with Crippen molar-refractivity contribution in [3.8, 4) is 11.4 Å². The number of aromatic amines is 1. The minimum absolute atomic E-state index is 0.124. The molecule has 0 saturated carbocycles. The van der Waals surface area contributed by atoms with Crippen molar-refractivity contribution in [2.75, 3.05) is 14.2 Å². The fraction of sp³-hybridized carbons (Fsp3) is 0.190. The minimum Gasteiger partial charge on any atom is -0.497 e. The van der Waals surface area contributed by atoms with E-state index in [0.29, 0.717) is 28.5 Å². The molecule has 2 aromatic carbocycles. The molecule has 0 aliphatic carbocycles. The summed E-state index contributed by atoms with van der Waals surface area (Å²) in [4.78, 5) is 29.4. The lowest BCUT2D eigenvalue weighted by Crippen LogP contribution is -2.20. The van der Waals surface area contributed by atoms with Crippen LogP contribution in [-0.2, 0) is 16.0 Å². The first-order valence-electron chi connectivity index (χ1n) is 8.79. The van der Waals surface area contributed by atoms with Crippen LogP contribution in [0.3, 0.4) is 0 Å². The normalized spacial score (nSPS) is 11.4. The predicted octanol–water partition coefficient (Wildman–Crippen LogP) is 3.17. The molecule has 0 radical (unpaired) electrons. The van der Waals surface area contributed by atoms with Gasteiger partial charge in [-0.3, -0.25) is 19.7 Å². The van der Waals surface area contributed by atoms with Gasteiger partial charge in [0, 0.05) is 0 Å². The molecular weight excluding hydrogens is 377 g/mol. The van der Waals surface area contributed by atoms with E-state index in [1.54, 1.807) is 38.3 Å². The van der Waals surface area contributed by atoms with Crippen molar-refractivity contribution in [1.82, 2.24) is 9.78 Å². The van der Waals surface area contributed by atoms with Crippen LogP contribution in [0.4, 0.5) is 10.1 Å². The van der Waals surface area contributed by atoms with Crippen LogP contribution in [0, 0.1) is 5.82 Å². The number of H-pyrrole nitrogens is 1. The van der Waals surface area contributed by atoms with Crippen LogP contribution < -0.4 is 10.3 Å². The van der Waals surface area contributed by atoms with Crippen molar-refractivity contribution in [3.63, 3.8) is 0 Å². The molecule has 1 heterocycles. The number of ether oxygens (including phenoxy) is 2. The first-order valence-corrected chi connectivity index (χ1v) is 8.79. The Balaban J connectivity index is 2.10. The van der Waals surface area contributed by atoms with Gasteiger partial charge in [0.2, 0.25) is 0 Å². The summed E-state index contributed by atoms with van der Waals surface area (Å²) in [5.41, 5.74) is 1.73. The van der Waals surface area contributed by atoms with Crippen LogP contribution in [0.5, 0.6) is 5.75 Å². The van der Waals surface area contributed by atoms with Crippen LogP contribution in [0.15, 0.2) is 58.3 Å². The van der Waals surface area contributed by atoms with Crippen molar-refractivity contribution in [2.45, 2.75) is 13.3 Å². The molecule has 3 aromatic rings. The van der Waals surface area contributed by atoms with E-state index in [0.717, 1.165) is 0 Å². The summed E-state index contributed by atoms with van der Waals surface area (Å²) < 4.78 is 24.3. The molecule has 0 amide bonds. The van der Waals surface area contributed by atoms with Gasteiger partial charge in [-0.15, -0.1) is 0 Å². The number of methoxy groups -OCH3 is 2. The lowest BCUT2D eigenvalue weighted by molar-refractivity contribution is -0.139. The molecule has 7 nitrogen and oxygen atoms in total. The number of benzene rings is 2. The van der Waals surface area contributed by atoms with E-state index in [9.17, 15) is 14.0 Å². The summed E-state index contributed by atoms with van der Waals surface area (Å²) >= 11 is 0. The molecule has 0 unspecified atom stereocenters. The first kappa shape index (κ1) is 20.1. The van der Waals surface area contributed by atoms with Gasteiger partial charge < -0.3 is 9.47 Å². The molecule has 8 heteroatoms. The Morgan fingerprint density at radius 2 is 1.76 bits per heavy atom. The molecule has 0 aliphatic rings. The maximum Gasteiger partial charge on any atom is 0.311 e. The predicted molar refractivity (Wildman–Crippen MR) is 107 cm³/mol. The summed E-state index contributed by atoms with van der Waals surface area (Å²) in [5, 5.41) is 2.97. The zero-order valence-corrected chi connectivity index (χ0v) is 16.2. The highest BCUT2D eigenvalue weighted by Gasteiger charge is 2.20. The van der Waals surface area contributed by atoms with Crippen LogP contribution in [0.2, 0.25) is 0 Å². The number of esters is 1. The van der Waals surface area contributed by atoms with Crippen LogP contribution >= 0.6 is 0 Å². The van der Waals surface area contributed by atoms with Crippen LogP contribution in [-0.4, -0.2) is 35.7 Å². The van der Waals surface area contributed by atoms with Gasteiger partial charge in [0.05, 0.1) is 49.0 Å². The maximum absolute atomic E-state index is 13.1. The minimum atomic E-state index is -0.496. The van der Waals surface area contributed by atoms with E-state index < -0.39 is 5.97 Å². The van der Waals surface area contributed by atoms with Gasteiger partial charge in [-0.05, 0) is 55.5 Å². The van der Waals surface area contributed by atoms with Gasteiger partial charge in [-0.2, -0.15) is 0 Å². The number of nitrogens with zero attached hydrogens (tertiary/aromatic N) is 2. The third kappa shape index (κ3) is 4.43. The van der Waals surface area contributed by atoms with Gasteiger partial charge in [-0.25, -0.2) is 9.07 Å². The van der Waals surface area contributed by atoms with Crippen molar-refractivity contribution < 1.29 is 18.7 Å². The Morgan fingerprint density at radius 1 is 1.10 bits per heavy atom. The number of halogens is 1. The number of rotatable bonds is 6. The smallest absolute Gasteiger partial charge is 0.311 e. The van der Waals surface area contributed by atoms with Crippen LogP contribution in [0.25, 0.3) is 5.69 Å². The van der Waals surface area contributed by atoms with E-state index >= 15 is 0 Å². The molecular formula is C21H20FN3O4. The fourth-order valence-corrected chi connectivity index (χ4v) is 2.88. The fourth-order valence-electron chi connectivity index (χ4n) is 2.88. The number of nitrogens with one attached hydrogen (secondary N) is 1. The second kappa shape index (κ2) is 8.55. The highest BCUT2D eigenvalue weighted by Crippen LogP contribution is 2.18. The second-order valence-corrected chi connectivity index (χ2v) is 6.23. The van der Waals surface area contributed by atoms with Crippen molar-refractivity contribution >= 4 is 17.4 Å². The van der Waals surface area contributed by atoms with Crippen molar-refractivity contribution in [1.29, 1.82) is 0 Å². The van der Waals surface area contributed by atoms with Gasteiger partial charge in [-0.1, -0.05) is 0 Å². The van der Waals surface area contributed by atoms with Gasteiger partial charge >= 0.3 is 5.97 Å². The molecule has 1 aromatic heterocycles. The maximum atomic E-state index is 13.1. The Bertz CT molecular complexity index is 1100. The summed E-state index contributed by atoms with van der Waals surface area (Å²) in [6, 6.07) is 12.5. The summed E-state index contributed by atoms with van der Waals surface area (Å²) in [5.74, 6) is -0.224. The Kier molecular flexibility index (Phi) is 5.92. The highest BCUT2D eigenvalue weighted by molar-refractivity contribution is 6.01. The molecule has 0 bridgehead atoms. The molecule has 0 aliphatic heterocycles. The topological polar surface area (TPSA) is 85.7 Å². The number of hydrogen-bond acceptors (Lipinski definition) is 5. The molecule has 0 saturated heterocycles. The average molecular weight is 397 g/mol. The van der Waals surface area contributed by atoms with Gasteiger partial charge in [0.25, 0.3) is 5.56 Å². The van der Waals surface area contributed by atoms with E-state index in [2.05, 4.69) is 10.1 Å². The number of carbonyl (C=O) groups is 1.